The van der Waals surface area contributed by atoms with Crippen molar-refractivity contribution in [2.75, 3.05) is 6.61 Å². The molecule has 4 heteroatoms. The van der Waals surface area contributed by atoms with Crippen molar-refractivity contribution in [1.82, 2.24) is 10.1 Å². The van der Waals surface area contributed by atoms with Gasteiger partial charge in [-0.1, -0.05) is 11.6 Å². The summed E-state index contributed by atoms with van der Waals surface area (Å²) in [5.74, 6) is 1.87. The van der Waals surface area contributed by atoms with Crippen molar-refractivity contribution in [3.8, 4) is 0 Å². The molecule has 0 saturated heterocycles. The van der Waals surface area contributed by atoms with E-state index in [0.717, 1.165) is 5.89 Å². The van der Waals surface area contributed by atoms with Crippen LogP contribution in [-0.2, 0) is 6.42 Å². The lowest BCUT2D eigenvalue weighted by Gasteiger charge is -2.20. The minimum atomic E-state index is 0.0869. The molecule has 0 aliphatic heterocycles. The van der Waals surface area contributed by atoms with Gasteiger partial charge in [0.25, 0.3) is 0 Å². The first-order chi connectivity index (χ1) is 5.90. The highest BCUT2D eigenvalue weighted by atomic mass is 16.5. The van der Waals surface area contributed by atoms with Crippen LogP contribution in [0.2, 0.25) is 0 Å². The third-order valence-electron chi connectivity index (χ3n) is 2.27. The zero-order valence-corrected chi connectivity index (χ0v) is 6.86. The van der Waals surface area contributed by atoms with E-state index in [-0.39, 0.29) is 6.61 Å². The Morgan fingerprint density at radius 1 is 1.50 bits per heavy atom. The molecule has 0 amide bonds. The van der Waals surface area contributed by atoms with Gasteiger partial charge in [0.1, 0.15) is 0 Å². The van der Waals surface area contributed by atoms with Crippen LogP contribution in [0.25, 0.3) is 0 Å². The Morgan fingerprint density at radius 2 is 2.33 bits per heavy atom. The summed E-state index contributed by atoms with van der Waals surface area (Å²) < 4.78 is 5.05. The highest BCUT2D eigenvalue weighted by Crippen LogP contribution is 2.35. The maximum absolute atomic E-state index is 8.62. The van der Waals surface area contributed by atoms with Crippen LogP contribution in [-0.4, -0.2) is 21.9 Å². The van der Waals surface area contributed by atoms with Gasteiger partial charge in [-0.15, -0.1) is 0 Å². The SMILES string of the molecule is OCCc1noc(C2CCC2)n1. The number of aromatic nitrogens is 2. The van der Waals surface area contributed by atoms with Gasteiger partial charge in [-0.05, 0) is 12.8 Å². The number of hydrogen-bond donors (Lipinski definition) is 1. The largest absolute Gasteiger partial charge is 0.396 e. The van der Waals surface area contributed by atoms with Crippen LogP contribution < -0.4 is 0 Å². The molecule has 4 nitrogen and oxygen atoms in total. The number of rotatable bonds is 3. The summed E-state index contributed by atoms with van der Waals surface area (Å²) in [5.41, 5.74) is 0. The molecule has 1 aromatic rings. The molecule has 2 rings (SSSR count). The monoisotopic (exact) mass is 168 g/mol. The van der Waals surface area contributed by atoms with Gasteiger partial charge in [0.2, 0.25) is 5.89 Å². The van der Waals surface area contributed by atoms with Crippen LogP contribution in [0.15, 0.2) is 4.52 Å². The van der Waals surface area contributed by atoms with E-state index >= 15 is 0 Å². The van der Waals surface area contributed by atoms with Crippen molar-refractivity contribution < 1.29 is 9.63 Å². The van der Waals surface area contributed by atoms with E-state index in [1.807, 2.05) is 0 Å². The zero-order chi connectivity index (χ0) is 8.39. The van der Waals surface area contributed by atoms with Crippen LogP contribution in [0, 0.1) is 0 Å². The van der Waals surface area contributed by atoms with Crippen LogP contribution in [0.5, 0.6) is 0 Å². The van der Waals surface area contributed by atoms with Crippen molar-refractivity contribution in [3.05, 3.63) is 11.7 Å². The molecule has 0 radical (unpaired) electrons. The van der Waals surface area contributed by atoms with E-state index < -0.39 is 0 Å². The maximum Gasteiger partial charge on any atom is 0.229 e. The van der Waals surface area contributed by atoms with Crippen molar-refractivity contribution in [3.63, 3.8) is 0 Å². The van der Waals surface area contributed by atoms with Crippen LogP contribution in [0.1, 0.15) is 36.9 Å². The molecule has 0 bridgehead atoms. The van der Waals surface area contributed by atoms with Crippen LogP contribution >= 0.6 is 0 Å². The first-order valence-electron chi connectivity index (χ1n) is 4.33. The Morgan fingerprint density at radius 3 is 2.92 bits per heavy atom. The molecule has 1 aliphatic rings. The number of nitrogens with zero attached hydrogens (tertiary/aromatic N) is 2. The molecule has 1 fully saturated rings. The third-order valence-corrected chi connectivity index (χ3v) is 2.27. The lowest BCUT2D eigenvalue weighted by atomic mass is 9.85. The molecule has 0 unspecified atom stereocenters. The second-order valence-electron chi connectivity index (χ2n) is 3.15. The summed E-state index contributed by atoms with van der Waals surface area (Å²) in [6.45, 7) is 0.0869. The van der Waals surface area contributed by atoms with Crippen LogP contribution in [0.3, 0.4) is 0 Å². The summed E-state index contributed by atoms with van der Waals surface area (Å²) in [6, 6.07) is 0. The smallest absolute Gasteiger partial charge is 0.229 e. The Hall–Kier alpha value is -0.900. The molecule has 1 aromatic heterocycles. The maximum atomic E-state index is 8.62. The minimum Gasteiger partial charge on any atom is -0.396 e. The fourth-order valence-corrected chi connectivity index (χ4v) is 1.29. The van der Waals surface area contributed by atoms with Gasteiger partial charge in [0, 0.05) is 12.3 Å². The average molecular weight is 168 g/mol. The summed E-state index contributed by atoms with van der Waals surface area (Å²) in [4.78, 5) is 4.18. The van der Waals surface area contributed by atoms with Gasteiger partial charge < -0.3 is 9.63 Å². The predicted octanol–water partition coefficient (Wildman–Crippen LogP) is 0.872. The van der Waals surface area contributed by atoms with Gasteiger partial charge in [-0.25, -0.2) is 0 Å². The molecule has 0 spiro atoms. The van der Waals surface area contributed by atoms with Crippen molar-refractivity contribution in [2.45, 2.75) is 31.6 Å². The molecule has 1 N–H and O–H groups in total. The van der Waals surface area contributed by atoms with Gasteiger partial charge in [0.15, 0.2) is 5.82 Å². The Balaban J connectivity index is 2.02. The standard InChI is InChI=1S/C8H12N2O2/c11-5-4-7-9-8(12-10-7)6-2-1-3-6/h6,11H,1-5H2. The van der Waals surface area contributed by atoms with E-state index in [1.54, 1.807) is 0 Å². The molecule has 66 valence electrons. The fraction of sp³-hybridized carbons (Fsp3) is 0.750. The van der Waals surface area contributed by atoms with Gasteiger partial charge in [-0.3, -0.25) is 0 Å². The first-order valence-corrected chi connectivity index (χ1v) is 4.33. The number of aliphatic hydroxyl groups is 1. The third kappa shape index (κ3) is 1.34. The number of aliphatic hydroxyl groups excluding tert-OH is 1. The van der Waals surface area contributed by atoms with E-state index in [9.17, 15) is 0 Å². The van der Waals surface area contributed by atoms with Crippen molar-refractivity contribution >= 4 is 0 Å². The van der Waals surface area contributed by atoms with Crippen molar-refractivity contribution in [2.24, 2.45) is 0 Å². The summed E-state index contributed by atoms with van der Waals surface area (Å²) in [6.07, 6.45) is 4.10. The van der Waals surface area contributed by atoms with E-state index in [2.05, 4.69) is 10.1 Å². The molecular weight excluding hydrogens is 156 g/mol. The zero-order valence-electron chi connectivity index (χ0n) is 6.86. The van der Waals surface area contributed by atoms with Crippen molar-refractivity contribution in [1.29, 1.82) is 0 Å². The van der Waals surface area contributed by atoms with Gasteiger partial charge in [0.05, 0.1) is 6.61 Å². The van der Waals surface area contributed by atoms with E-state index in [1.165, 1.54) is 19.3 Å². The quantitative estimate of drug-likeness (QED) is 0.727. The Bertz CT molecular complexity index is 255. The molecule has 1 heterocycles. The van der Waals surface area contributed by atoms with E-state index in [0.29, 0.717) is 18.2 Å². The normalized spacial score (nSPS) is 17.8. The molecule has 1 aliphatic carbocycles. The Kier molecular flexibility index (Phi) is 2.08. The van der Waals surface area contributed by atoms with Crippen LogP contribution in [0.4, 0.5) is 0 Å². The first kappa shape index (κ1) is 7.73. The topological polar surface area (TPSA) is 59.2 Å². The molecule has 0 atom stereocenters. The average Bonchev–Trinajstić information content (AvgIpc) is 2.34. The summed E-state index contributed by atoms with van der Waals surface area (Å²) in [7, 11) is 0. The highest BCUT2D eigenvalue weighted by molar-refractivity contribution is 4.98. The predicted molar refractivity (Wildman–Crippen MR) is 41.7 cm³/mol. The summed E-state index contributed by atoms with van der Waals surface area (Å²) in [5, 5.41) is 12.4. The van der Waals surface area contributed by atoms with Gasteiger partial charge in [-0.2, -0.15) is 4.98 Å². The number of hydrogen-bond acceptors (Lipinski definition) is 4. The lowest BCUT2D eigenvalue weighted by molar-refractivity contribution is 0.283. The highest BCUT2D eigenvalue weighted by Gasteiger charge is 2.24. The summed E-state index contributed by atoms with van der Waals surface area (Å²) >= 11 is 0. The molecular formula is C8H12N2O2. The Labute approximate surface area is 70.6 Å². The fourth-order valence-electron chi connectivity index (χ4n) is 1.29. The molecule has 12 heavy (non-hydrogen) atoms. The minimum absolute atomic E-state index is 0.0869. The van der Waals surface area contributed by atoms with E-state index in [4.69, 9.17) is 9.63 Å². The molecule has 1 saturated carbocycles. The second-order valence-corrected chi connectivity index (χ2v) is 3.15. The van der Waals surface area contributed by atoms with Gasteiger partial charge >= 0.3 is 0 Å². The lowest BCUT2D eigenvalue weighted by Crippen LogP contribution is -2.09. The second kappa shape index (κ2) is 3.23. The molecule has 0 aromatic carbocycles.